The quantitative estimate of drug-likeness (QED) is 0.604. The fourth-order valence-electron chi connectivity index (χ4n) is 2.82. The normalized spacial score (nSPS) is 15.4. The number of rotatable bonds is 9. The summed E-state index contributed by atoms with van der Waals surface area (Å²) in [7, 11) is 0. The second-order valence-electron chi connectivity index (χ2n) is 8.44. The number of amides is 1. The van der Waals surface area contributed by atoms with Gasteiger partial charge in [0.2, 0.25) is 0 Å². The summed E-state index contributed by atoms with van der Waals surface area (Å²) in [5.41, 5.74) is -1.01. The lowest BCUT2D eigenvalue weighted by atomic mass is 10.0. The Morgan fingerprint density at radius 3 is 2.10 bits per heavy atom. The molecule has 1 amide bonds. The molecule has 0 saturated heterocycles. The number of nitrogens with one attached hydrogen (secondary N) is 1. The van der Waals surface area contributed by atoms with Crippen molar-refractivity contribution in [3.63, 3.8) is 0 Å². The number of alkyl carbamates (subject to hydrolysis) is 1. The summed E-state index contributed by atoms with van der Waals surface area (Å²) < 4.78 is 17.4. The molecule has 1 N–H and O–H groups in total. The molecule has 2 aromatic carbocycles. The lowest BCUT2D eigenvalue weighted by molar-refractivity contribution is -0.118. The molecule has 0 fully saturated rings. The van der Waals surface area contributed by atoms with Crippen molar-refractivity contribution >= 4 is 12.4 Å². The Balaban J connectivity index is 2.12. The first-order valence-corrected chi connectivity index (χ1v) is 9.98. The first-order chi connectivity index (χ1) is 14.1. The summed E-state index contributed by atoms with van der Waals surface area (Å²) in [5, 5.41) is 2.60. The fraction of sp³-hybridized carbons (Fsp3) is 0.417. The van der Waals surface area contributed by atoms with Gasteiger partial charge in [-0.3, -0.25) is 0 Å². The number of aldehydes is 1. The predicted molar refractivity (Wildman–Crippen MR) is 116 cm³/mol. The highest BCUT2D eigenvalue weighted by Crippen LogP contribution is 2.26. The maximum absolute atomic E-state index is 12.2. The average Bonchev–Trinajstić information content (AvgIpc) is 2.68. The van der Waals surface area contributed by atoms with E-state index in [0.717, 1.165) is 11.3 Å². The smallest absolute Gasteiger partial charge is 0.408 e. The van der Waals surface area contributed by atoms with E-state index < -0.39 is 23.3 Å². The summed E-state index contributed by atoms with van der Waals surface area (Å²) in [5.74, 6) is 0.722. The van der Waals surface area contributed by atoms with Crippen LogP contribution in [0.25, 0.3) is 0 Å². The van der Waals surface area contributed by atoms with E-state index in [1.807, 2.05) is 67.6 Å². The zero-order valence-corrected chi connectivity index (χ0v) is 18.3. The second-order valence-corrected chi connectivity index (χ2v) is 8.44. The van der Waals surface area contributed by atoms with Crippen molar-refractivity contribution in [1.29, 1.82) is 0 Å². The van der Waals surface area contributed by atoms with E-state index in [-0.39, 0.29) is 12.7 Å². The molecule has 0 saturated carbocycles. The Labute approximate surface area is 178 Å². The Hall–Kier alpha value is -2.86. The van der Waals surface area contributed by atoms with Gasteiger partial charge >= 0.3 is 6.09 Å². The van der Waals surface area contributed by atoms with E-state index in [0.29, 0.717) is 6.29 Å². The topological polar surface area (TPSA) is 73.9 Å². The van der Waals surface area contributed by atoms with Crippen LogP contribution in [0.3, 0.4) is 0 Å². The maximum Gasteiger partial charge on any atom is 0.408 e. The SMILES string of the molecule is C[C@H](Oc1ccccc1)[C@H](OC[C@@](C)(C=O)NC(=O)OC(C)(C)C)c1ccccc1. The number of ether oxygens (including phenoxy) is 3. The molecule has 2 rings (SSSR count). The Bertz CT molecular complexity index is 803. The number of hydrogen-bond donors (Lipinski definition) is 1. The van der Waals surface area contributed by atoms with Gasteiger partial charge in [-0.1, -0.05) is 48.5 Å². The molecule has 30 heavy (non-hydrogen) atoms. The van der Waals surface area contributed by atoms with Crippen LogP contribution in [0.5, 0.6) is 5.75 Å². The minimum atomic E-state index is -1.25. The molecule has 6 nitrogen and oxygen atoms in total. The van der Waals surface area contributed by atoms with Gasteiger partial charge in [-0.25, -0.2) is 4.79 Å². The van der Waals surface area contributed by atoms with Crippen molar-refractivity contribution in [2.45, 2.75) is 58.0 Å². The van der Waals surface area contributed by atoms with Gasteiger partial charge in [0.15, 0.2) is 0 Å². The molecule has 0 heterocycles. The highest BCUT2D eigenvalue weighted by Gasteiger charge is 2.32. The van der Waals surface area contributed by atoms with Crippen molar-refractivity contribution in [3.05, 3.63) is 66.2 Å². The number of para-hydroxylation sites is 1. The zero-order chi connectivity index (χ0) is 22.2. The van der Waals surface area contributed by atoms with Crippen LogP contribution in [0.1, 0.15) is 46.3 Å². The summed E-state index contributed by atoms with van der Waals surface area (Å²) in [4.78, 5) is 23.9. The molecule has 0 bridgehead atoms. The van der Waals surface area contributed by atoms with E-state index >= 15 is 0 Å². The van der Waals surface area contributed by atoms with Crippen LogP contribution in [0.2, 0.25) is 0 Å². The molecule has 0 aromatic heterocycles. The van der Waals surface area contributed by atoms with Gasteiger partial charge in [-0.2, -0.15) is 0 Å². The van der Waals surface area contributed by atoms with Crippen molar-refractivity contribution in [2.75, 3.05) is 6.61 Å². The first kappa shape index (κ1) is 23.4. The third-order valence-electron chi connectivity index (χ3n) is 4.23. The molecule has 0 aliphatic rings. The molecule has 0 aliphatic heterocycles. The number of hydrogen-bond acceptors (Lipinski definition) is 5. The summed E-state index contributed by atoms with van der Waals surface area (Å²) in [6, 6.07) is 19.1. The molecule has 0 unspecified atom stereocenters. The van der Waals surface area contributed by atoms with Crippen molar-refractivity contribution in [1.82, 2.24) is 5.32 Å². The standard InChI is InChI=1S/C24H31NO5/c1-18(29-20-14-10-7-11-15-20)21(19-12-8-6-9-13-19)28-17-24(5,16-26)25-22(27)30-23(2,3)4/h6-16,18,21H,17H2,1-5H3,(H,25,27)/t18-,21-,24+/m0/s1. The maximum atomic E-state index is 12.2. The van der Waals surface area contributed by atoms with E-state index in [4.69, 9.17) is 14.2 Å². The monoisotopic (exact) mass is 413 g/mol. The minimum Gasteiger partial charge on any atom is -0.488 e. The largest absolute Gasteiger partial charge is 0.488 e. The fourth-order valence-corrected chi connectivity index (χ4v) is 2.82. The van der Waals surface area contributed by atoms with Gasteiger partial charge < -0.3 is 24.3 Å². The first-order valence-electron chi connectivity index (χ1n) is 9.98. The van der Waals surface area contributed by atoms with E-state index in [1.165, 1.54) is 0 Å². The predicted octanol–water partition coefficient (Wildman–Crippen LogP) is 4.69. The van der Waals surface area contributed by atoms with Crippen LogP contribution in [0, 0.1) is 0 Å². The van der Waals surface area contributed by atoms with Crippen LogP contribution in [0.15, 0.2) is 60.7 Å². The third kappa shape index (κ3) is 7.52. The van der Waals surface area contributed by atoms with Crippen LogP contribution >= 0.6 is 0 Å². The van der Waals surface area contributed by atoms with Gasteiger partial charge in [0.1, 0.15) is 35.4 Å². The number of benzene rings is 2. The van der Waals surface area contributed by atoms with Crippen LogP contribution in [-0.4, -0.2) is 36.2 Å². The van der Waals surface area contributed by atoms with Crippen molar-refractivity contribution in [2.24, 2.45) is 0 Å². The van der Waals surface area contributed by atoms with Gasteiger partial charge in [-0.05, 0) is 52.3 Å². The molecular formula is C24H31NO5. The van der Waals surface area contributed by atoms with Gasteiger partial charge in [0.25, 0.3) is 0 Å². The lowest BCUT2D eigenvalue weighted by Gasteiger charge is -2.31. The Morgan fingerprint density at radius 1 is 1.00 bits per heavy atom. The van der Waals surface area contributed by atoms with Crippen molar-refractivity contribution in [3.8, 4) is 5.75 Å². The van der Waals surface area contributed by atoms with Crippen LogP contribution in [-0.2, 0) is 14.3 Å². The molecule has 6 heteroatoms. The van der Waals surface area contributed by atoms with E-state index in [1.54, 1.807) is 27.7 Å². The van der Waals surface area contributed by atoms with Crippen molar-refractivity contribution < 1.29 is 23.8 Å². The Kier molecular flexibility index (Phi) is 8.00. The molecule has 0 radical (unpaired) electrons. The van der Waals surface area contributed by atoms with E-state index in [2.05, 4.69) is 5.32 Å². The molecular weight excluding hydrogens is 382 g/mol. The Morgan fingerprint density at radius 2 is 1.57 bits per heavy atom. The number of carbonyl (C=O) groups is 2. The van der Waals surface area contributed by atoms with Gasteiger partial charge in [0.05, 0.1) is 6.61 Å². The van der Waals surface area contributed by atoms with E-state index in [9.17, 15) is 9.59 Å². The highest BCUT2D eigenvalue weighted by molar-refractivity contribution is 5.76. The van der Waals surface area contributed by atoms with Crippen LogP contribution in [0.4, 0.5) is 4.79 Å². The lowest BCUT2D eigenvalue weighted by Crippen LogP contribution is -2.52. The van der Waals surface area contributed by atoms with Gasteiger partial charge in [0, 0.05) is 0 Å². The molecule has 2 aromatic rings. The molecule has 162 valence electrons. The summed E-state index contributed by atoms with van der Waals surface area (Å²) in [6.45, 7) is 8.73. The number of carbonyl (C=O) groups excluding carboxylic acids is 2. The summed E-state index contributed by atoms with van der Waals surface area (Å²) >= 11 is 0. The molecule has 0 aliphatic carbocycles. The molecule has 0 spiro atoms. The highest BCUT2D eigenvalue weighted by atomic mass is 16.6. The summed E-state index contributed by atoms with van der Waals surface area (Å²) in [6.07, 6.45) is -0.814. The second kappa shape index (κ2) is 10.3. The van der Waals surface area contributed by atoms with Crippen LogP contribution < -0.4 is 10.1 Å². The van der Waals surface area contributed by atoms with Gasteiger partial charge in [-0.15, -0.1) is 0 Å². The minimum absolute atomic E-state index is 0.0439. The third-order valence-corrected chi connectivity index (χ3v) is 4.23. The zero-order valence-electron chi connectivity index (χ0n) is 18.3. The molecule has 3 atom stereocenters. The average molecular weight is 414 g/mol.